The van der Waals surface area contributed by atoms with E-state index in [1.54, 1.807) is 0 Å². The van der Waals surface area contributed by atoms with Gasteiger partial charge in [0.2, 0.25) is 0 Å². The zero-order valence-electron chi connectivity index (χ0n) is 9.07. The Kier molecular flexibility index (Phi) is 4.05. The molecule has 100 valence electrons. The van der Waals surface area contributed by atoms with E-state index in [0.717, 1.165) is 0 Å². The molecule has 0 heterocycles. The van der Waals surface area contributed by atoms with Gasteiger partial charge in [0.25, 0.3) is 0 Å². The van der Waals surface area contributed by atoms with Gasteiger partial charge >= 0.3 is 12.1 Å². The van der Waals surface area contributed by atoms with E-state index < -0.39 is 39.8 Å². The van der Waals surface area contributed by atoms with Gasteiger partial charge in [0.1, 0.15) is 0 Å². The number of ether oxygens (including phenoxy) is 1. The maximum absolute atomic E-state index is 13.4. The monoisotopic (exact) mass is 285 g/mol. The molecule has 0 saturated heterocycles. The summed E-state index contributed by atoms with van der Waals surface area (Å²) < 4.78 is 55.5. The Morgan fingerprint density at radius 1 is 1.50 bits per heavy atom. The van der Waals surface area contributed by atoms with Crippen LogP contribution in [0.2, 0.25) is 5.02 Å². The van der Waals surface area contributed by atoms with Crippen LogP contribution in [0.25, 0.3) is 0 Å². The van der Waals surface area contributed by atoms with Crippen molar-refractivity contribution in [3.8, 4) is 0 Å². The standard InChI is InChI=1S/C10H8ClF4NO2/c1-2-18-9(17)4-3-5(10(13,14)15)6(11)7(12)8(4)16/h3H,2,16H2,1H3. The predicted octanol–water partition coefficient (Wildman–Crippen LogP) is 3.26. The van der Waals surface area contributed by atoms with Crippen LogP contribution in [0, 0.1) is 5.82 Å². The van der Waals surface area contributed by atoms with E-state index in [0.29, 0.717) is 6.07 Å². The summed E-state index contributed by atoms with van der Waals surface area (Å²) in [6.45, 7) is 1.37. The molecule has 1 aromatic rings. The number of rotatable bonds is 2. The molecule has 0 unspecified atom stereocenters. The molecule has 0 spiro atoms. The normalized spacial score (nSPS) is 11.4. The average molecular weight is 286 g/mol. The van der Waals surface area contributed by atoms with Crippen LogP contribution in [0.4, 0.5) is 23.2 Å². The first-order valence-corrected chi connectivity index (χ1v) is 5.09. The minimum Gasteiger partial charge on any atom is -0.462 e. The van der Waals surface area contributed by atoms with E-state index >= 15 is 0 Å². The number of esters is 1. The number of hydrogen-bond acceptors (Lipinski definition) is 3. The van der Waals surface area contributed by atoms with Crippen molar-refractivity contribution in [2.24, 2.45) is 0 Å². The molecule has 3 nitrogen and oxygen atoms in total. The van der Waals surface area contributed by atoms with Gasteiger partial charge in [0.15, 0.2) is 5.82 Å². The van der Waals surface area contributed by atoms with Gasteiger partial charge in [0.05, 0.1) is 28.4 Å². The van der Waals surface area contributed by atoms with Crippen molar-refractivity contribution in [3.05, 3.63) is 28.0 Å². The van der Waals surface area contributed by atoms with Crippen molar-refractivity contribution in [1.82, 2.24) is 0 Å². The van der Waals surface area contributed by atoms with E-state index in [1.165, 1.54) is 6.92 Å². The second-order valence-electron chi connectivity index (χ2n) is 3.23. The topological polar surface area (TPSA) is 52.3 Å². The highest BCUT2D eigenvalue weighted by atomic mass is 35.5. The zero-order chi connectivity index (χ0) is 14.1. The molecule has 0 radical (unpaired) electrons. The van der Waals surface area contributed by atoms with Crippen LogP contribution in [-0.2, 0) is 10.9 Å². The van der Waals surface area contributed by atoms with Gasteiger partial charge < -0.3 is 10.5 Å². The molecule has 0 aliphatic rings. The summed E-state index contributed by atoms with van der Waals surface area (Å²) in [7, 11) is 0. The molecule has 0 aliphatic carbocycles. The van der Waals surface area contributed by atoms with Gasteiger partial charge in [-0.2, -0.15) is 13.2 Å². The average Bonchev–Trinajstić information content (AvgIpc) is 2.24. The van der Waals surface area contributed by atoms with Gasteiger partial charge in [-0.05, 0) is 13.0 Å². The third kappa shape index (κ3) is 2.66. The number of carbonyl (C=O) groups is 1. The highest BCUT2D eigenvalue weighted by molar-refractivity contribution is 6.32. The fourth-order valence-electron chi connectivity index (χ4n) is 1.22. The summed E-state index contributed by atoms with van der Waals surface area (Å²) in [5.74, 6) is -2.63. The van der Waals surface area contributed by atoms with E-state index in [2.05, 4.69) is 4.74 Å². The summed E-state index contributed by atoms with van der Waals surface area (Å²) in [4.78, 5) is 11.3. The fraction of sp³-hybridized carbons (Fsp3) is 0.300. The van der Waals surface area contributed by atoms with Crippen LogP contribution in [-0.4, -0.2) is 12.6 Å². The lowest BCUT2D eigenvalue weighted by molar-refractivity contribution is -0.137. The van der Waals surface area contributed by atoms with Crippen LogP contribution in [0.1, 0.15) is 22.8 Å². The molecule has 8 heteroatoms. The minimum atomic E-state index is -4.90. The number of carbonyl (C=O) groups excluding carboxylic acids is 1. The first kappa shape index (κ1) is 14.6. The van der Waals surface area contributed by atoms with Crippen LogP contribution in [0.5, 0.6) is 0 Å². The molecule has 0 bridgehead atoms. The number of nitrogen functional groups attached to an aromatic ring is 1. The zero-order valence-corrected chi connectivity index (χ0v) is 9.82. The van der Waals surface area contributed by atoms with Gasteiger partial charge in [0, 0.05) is 0 Å². The Morgan fingerprint density at radius 3 is 2.50 bits per heavy atom. The lowest BCUT2D eigenvalue weighted by Gasteiger charge is -2.13. The largest absolute Gasteiger partial charge is 0.462 e. The minimum absolute atomic E-state index is 0.0795. The quantitative estimate of drug-likeness (QED) is 0.515. The Labute approximate surface area is 104 Å². The van der Waals surface area contributed by atoms with E-state index in [-0.39, 0.29) is 6.61 Å². The van der Waals surface area contributed by atoms with Crippen LogP contribution in [0.15, 0.2) is 6.07 Å². The number of nitrogens with two attached hydrogens (primary N) is 1. The Balaban J connectivity index is 3.46. The molecule has 0 aliphatic heterocycles. The van der Waals surface area contributed by atoms with Gasteiger partial charge in [-0.15, -0.1) is 0 Å². The molecule has 1 aromatic carbocycles. The van der Waals surface area contributed by atoms with E-state index in [4.69, 9.17) is 17.3 Å². The van der Waals surface area contributed by atoms with Gasteiger partial charge in [-0.1, -0.05) is 11.6 Å². The highest BCUT2D eigenvalue weighted by Gasteiger charge is 2.37. The maximum Gasteiger partial charge on any atom is 0.417 e. The number of anilines is 1. The smallest absolute Gasteiger partial charge is 0.417 e. The van der Waals surface area contributed by atoms with Crippen molar-refractivity contribution in [1.29, 1.82) is 0 Å². The van der Waals surface area contributed by atoms with Crippen LogP contribution >= 0.6 is 11.6 Å². The highest BCUT2D eigenvalue weighted by Crippen LogP contribution is 2.39. The maximum atomic E-state index is 13.4. The SMILES string of the molecule is CCOC(=O)c1cc(C(F)(F)F)c(Cl)c(F)c1N. The van der Waals surface area contributed by atoms with Crippen molar-refractivity contribution >= 4 is 23.3 Å². The first-order valence-electron chi connectivity index (χ1n) is 4.71. The summed E-state index contributed by atoms with van der Waals surface area (Å²) >= 11 is 5.21. The lowest BCUT2D eigenvalue weighted by Crippen LogP contribution is -2.14. The van der Waals surface area contributed by atoms with Crippen LogP contribution in [0.3, 0.4) is 0 Å². The van der Waals surface area contributed by atoms with E-state index in [1.807, 2.05) is 0 Å². The molecule has 0 amide bonds. The third-order valence-corrected chi connectivity index (χ3v) is 2.41. The number of hydrogen-bond donors (Lipinski definition) is 1. The summed E-state index contributed by atoms with van der Waals surface area (Å²) in [6.07, 6.45) is -4.90. The third-order valence-electron chi connectivity index (χ3n) is 2.05. The molecule has 2 N–H and O–H groups in total. The molecule has 0 aromatic heterocycles. The van der Waals surface area contributed by atoms with E-state index in [9.17, 15) is 22.4 Å². The summed E-state index contributed by atoms with van der Waals surface area (Å²) in [6, 6.07) is 0.374. The molecule has 18 heavy (non-hydrogen) atoms. The summed E-state index contributed by atoms with van der Waals surface area (Å²) in [5, 5.41) is -1.17. The number of alkyl halides is 3. The molecular formula is C10H8ClF4NO2. The van der Waals surface area contributed by atoms with Crippen molar-refractivity contribution < 1.29 is 27.1 Å². The molecule has 0 fully saturated rings. The van der Waals surface area contributed by atoms with Crippen molar-refractivity contribution in [2.45, 2.75) is 13.1 Å². The number of halogens is 5. The van der Waals surface area contributed by atoms with Crippen molar-refractivity contribution in [2.75, 3.05) is 12.3 Å². The molecule has 0 atom stereocenters. The lowest BCUT2D eigenvalue weighted by atomic mass is 10.1. The molecule has 0 saturated carbocycles. The van der Waals surface area contributed by atoms with Gasteiger partial charge in [-0.25, -0.2) is 9.18 Å². The van der Waals surface area contributed by atoms with Crippen LogP contribution < -0.4 is 5.73 Å². The Morgan fingerprint density at radius 2 is 2.06 bits per heavy atom. The second kappa shape index (κ2) is 5.01. The number of benzene rings is 1. The predicted molar refractivity (Wildman–Crippen MR) is 56.8 cm³/mol. The van der Waals surface area contributed by atoms with Crippen molar-refractivity contribution in [3.63, 3.8) is 0 Å². The summed E-state index contributed by atoms with van der Waals surface area (Å²) in [5.41, 5.74) is 2.25. The Bertz CT molecular complexity index is 488. The second-order valence-corrected chi connectivity index (χ2v) is 3.61. The Hall–Kier alpha value is -1.50. The fourth-order valence-corrected chi connectivity index (χ4v) is 1.49. The molecular weight excluding hydrogens is 278 g/mol. The molecule has 1 rings (SSSR count). The van der Waals surface area contributed by atoms with Gasteiger partial charge in [-0.3, -0.25) is 0 Å². The first-order chi connectivity index (χ1) is 8.20.